The molecule has 0 aliphatic rings. The maximum Gasteiger partial charge on any atom is 0.325 e. The monoisotopic (exact) mass is 197 g/mol. The molecular formula is C10H12FNO2. The number of benzene rings is 1. The molecule has 0 bridgehead atoms. The summed E-state index contributed by atoms with van der Waals surface area (Å²) in [7, 11) is 0. The number of aryl methyl sites for hydroxylation is 1. The maximum absolute atomic E-state index is 12.9. The Balaban J connectivity index is 3.16. The van der Waals surface area contributed by atoms with Crippen LogP contribution >= 0.6 is 0 Å². The summed E-state index contributed by atoms with van der Waals surface area (Å²) in [4.78, 5) is 10.6. The quantitative estimate of drug-likeness (QED) is 0.771. The number of nitrogens with two attached hydrogens (primary N) is 1. The van der Waals surface area contributed by atoms with E-state index in [0.717, 1.165) is 5.56 Å². The third-order valence-corrected chi connectivity index (χ3v) is 2.09. The Kier molecular flexibility index (Phi) is 3.19. The minimum absolute atomic E-state index is 0.347. The predicted octanol–water partition coefficient (Wildman–Crippen LogP) is 1.47. The minimum Gasteiger partial charge on any atom is -0.480 e. The molecule has 3 nitrogen and oxygen atoms in total. The lowest BCUT2D eigenvalue weighted by atomic mass is 9.99. The van der Waals surface area contributed by atoms with Gasteiger partial charge in [-0.25, -0.2) is 4.39 Å². The first kappa shape index (κ1) is 10.7. The lowest BCUT2D eigenvalue weighted by Crippen LogP contribution is -2.22. The van der Waals surface area contributed by atoms with Crippen LogP contribution in [0.1, 0.15) is 24.1 Å². The molecule has 0 saturated heterocycles. The van der Waals surface area contributed by atoms with Crippen molar-refractivity contribution >= 4 is 5.97 Å². The highest BCUT2D eigenvalue weighted by molar-refractivity contribution is 5.75. The molecule has 3 N–H and O–H groups in total. The first-order chi connectivity index (χ1) is 6.56. The zero-order valence-electron chi connectivity index (χ0n) is 7.83. The van der Waals surface area contributed by atoms with Gasteiger partial charge in [0.15, 0.2) is 0 Å². The highest BCUT2D eigenvalue weighted by atomic mass is 19.1. The summed E-state index contributed by atoms with van der Waals surface area (Å²) < 4.78 is 12.9. The van der Waals surface area contributed by atoms with Gasteiger partial charge in [-0.2, -0.15) is 0 Å². The van der Waals surface area contributed by atoms with Crippen LogP contribution in [0.25, 0.3) is 0 Å². The number of halogens is 1. The summed E-state index contributed by atoms with van der Waals surface area (Å²) in [6.07, 6.45) is 0.636. The molecule has 0 aliphatic heterocycles. The molecule has 1 aromatic rings. The van der Waals surface area contributed by atoms with Crippen LogP contribution in [0.4, 0.5) is 4.39 Å². The van der Waals surface area contributed by atoms with Gasteiger partial charge >= 0.3 is 5.97 Å². The summed E-state index contributed by atoms with van der Waals surface area (Å²) in [5, 5.41) is 8.70. The summed E-state index contributed by atoms with van der Waals surface area (Å²) in [5.74, 6) is -1.61. The number of carboxylic acids is 1. The number of hydrogen-bond donors (Lipinski definition) is 2. The van der Waals surface area contributed by atoms with Crippen molar-refractivity contribution in [2.45, 2.75) is 19.4 Å². The molecule has 1 rings (SSSR count). The van der Waals surface area contributed by atoms with Gasteiger partial charge in [0.05, 0.1) is 0 Å². The summed E-state index contributed by atoms with van der Waals surface area (Å²) >= 11 is 0. The largest absolute Gasteiger partial charge is 0.480 e. The normalized spacial score (nSPS) is 12.5. The molecule has 1 atom stereocenters. The number of hydrogen-bond acceptors (Lipinski definition) is 2. The Bertz CT molecular complexity index is 352. The van der Waals surface area contributed by atoms with Crippen LogP contribution in [0.15, 0.2) is 18.2 Å². The molecule has 0 amide bonds. The zero-order valence-corrected chi connectivity index (χ0v) is 7.83. The fourth-order valence-corrected chi connectivity index (χ4v) is 1.31. The van der Waals surface area contributed by atoms with E-state index >= 15 is 0 Å². The molecule has 4 heteroatoms. The summed E-state index contributed by atoms with van der Waals surface area (Å²) in [5.41, 5.74) is 6.53. The number of rotatable bonds is 3. The topological polar surface area (TPSA) is 63.3 Å². The Morgan fingerprint density at radius 3 is 2.79 bits per heavy atom. The van der Waals surface area contributed by atoms with Gasteiger partial charge in [0.2, 0.25) is 0 Å². The average Bonchev–Trinajstić information content (AvgIpc) is 2.16. The molecule has 0 aliphatic carbocycles. The maximum atomic E-state index is 12.9. The van der Waals surface area contributed by atoms with E-state index in [0.29, 0.717) is 12.0 Å². The SMILES string of the molecule is CCc1ccc(F)cc1C(N)C(=O)O. The first-order valence-electron chi connectivity index (χ1n) is 4.33. The van der Waals surface area contributed by atoms with Crippen LogP contribution < -0.4 is 5.73 Å². The third kappa shape index (κ3) is 2.09. The minimum atomic E-state index is -1.15. The Hall–Kier alpha value is -1.42. The van der Waals surface area contributed by atoms with Gasteiger partial charge in [0, 0.05) is 0 Å². The van der Waals surface area contributed by atoms with E-state index in [4.69, 9.17) is 10.8 Å². The number of carboxylic acid groups (broad SMARTS) is 1. The van der Waals surface area contributed by atoms with Gasteiger partial charge in [-0.15, -0.1) is 0 Å². The molecule has 0 spiro atoms. The smallest absolute Gasteiger partial charge is 0.325 e. The Morgan fingerprint density at radius 2 is 2.29 bits per heavy atom. The van der Waals surface area contributed by atoms with E-state index < -0.39 is 17.8 Å². The fraction of sp³-hybridized carbons (Fsp3) is 0.300. The van der Waals surface area contributed by atoms with Gasteiger partial charge < -0.3 is 10.8 Å². The molecule has 1 aromatic carbocycles. The van der Waals surface area contributed by atoms with E-state index in [1.165, 1.54) is 12.1 Å². The van der Waals surface area contributed by atoms with Crippen molar-refractivity contribution in [2.75, 3.05) is 0 Å². The lowest BCUT2D eigenvalue weighted by molar-refractivity contribution is -0.138. The number of aliphatic carboxylic acids is 1. The van der Waals surface area contributed by atoms with Crippen molar-refractivity contribution in [1.82, 2.24) is 0 Å². The summed E-state index contributed by atoms with van der Waals surface area (Å²) in [6, 6.07) is 2.89. The lowest BCUT2D eigenvalue weighted by Gasteiger charge is -2.11. The molecule has 76 valence electrons. The standard InChI is InChI=1S/C10H12FNO2/c1-2-6-3-4-7(11)5-8(6)9(12)10(13)14/h3-5,9H,2,12H2,1H3,(H,13,14). The second-order valence-corrected chi connectivity index (χ2v) is 3.01. The molecule has 0 saturated carbocycles. The van der Waals surface area contributed by atoms with E-state index in [-0.39, 0.29) is 0 Å². The molecule has 0 fully saturated rings. The number of carbonyl (C=O) groups is 1. The van der Waals surface area contributed by atoms with E-state index in [9.17, 15) is 9.18 Å². The van der Waals surface area contributed by atoms with E-state index in [1.807, 2.05) is 6.92 Å². The Labute approximate surface area is 81.4 Å². The zero-order chi connectivity index (χ0) is 10.7. The molecule has 0 heterocycles. The second-order valence-electron chi connectivity index (χ2n) is 3.01. The molecular weight excluding hydrogens is 185 g/mol. The Morgan fingerprint density at radius 1 is 1.64 bits per heavy atom. The molecule has 1 unspecified atom stereocenters. The first-order valence-corrected chi connectivity index (χ1v) is 4.33. The van der Waals surface area contributed by atoms with Gasteiger partial charge in [-0.05, 0) is 29.7 Å². The van der Waals surface area contributed by atoms with Gasteiger partial charge in [-0.1, -0.05) is 13.0 Å². The van der Waals surface area contributed by atoms with Crippen LogP contribution in [-0.2, 0) is 11.2 Å². The van der Waals surface area contributed by atoms with Gasteiger partial charge in [0.1, 0.15) is 11.9 Å². The van der Waals surface area contributed by atoms with E-state index in [2.05, 4.69) is 0 Å². The van der Waals surface area contributed by atoms with Crippen LogP contribution in [0, 0.1) is 5.82 Å². The molecule has 0 aromatic heterocycles. The summed E-state index contributed by atoms with van der Waals surface area (Å²) in [6.45, 7) is 1.87. The van der Waals surface area contributed by atoms with Crippen molar-refractivity contribution in [1.29, 1.82) is 0 Å². The highest BCUT2D eigenvalue weighted by Gasteiger charge is 2.17. The average molecular weight is 197 g/mol. The van der Waals surface area contributed by atoms with Crippen molar-refractivity contribution in [2.24, 2.45) is 5.73 Å². The second kappa shape index (κ2) is 4.19. The predicted molar refractivity (Wildman–Crippen MR) is 50.3 cm³/mol. The fourth-order valence-electron chi connectivity index (χ4n) is 1.31. The highest BCUT2D eigenvalue weighted by Crippen LogP contribution is 2.18. The molecule has 0 radical (unpaired) electrons. The van der Waals surface area contributed by atoms with E-state index in [1.54, 1.807) is 6.07 Å². The van der Waals surface area contributed by atoms with Crippen molar-refractivity contribution in [3.05, 3.63) is 35.1 Å². The molecule has 14 heavy (non-hydrogen) atoms. The van der Waals surface area contributed by atoms with Crippen molar-refractivity contribution < 1.29 is 14.3 Å². The van der Waals surface area contributed by atoms with Crippen LogP contribution in [0.2, 0.25) is 0 Å². The van der Waals surface area contributed by atoms with Crippen molar-refractivity contribution in [3.8, 4) is 0 Å². The third-order valence-electron chi connectivity index (χ3n) is 2.09. The van der Waals surface area contributed by atoms with Gasteiger partial charge in [-0.3, -0.25) is 4.79 Å². The van der Waals surface area contributed by atoms with Crippen LogP contribution in [0.5, 0.6) is 0 Å². The van der Waals surface area contributed by atoms with Crippen LogP contribution in [-0.4, -0.2) is 11.1 Å². The van der Waals surface area contributed by atoms with Gasteiger partial charge in [0.25, 0.3) is 0 Å². The van der Waals surface area contributed by atoms with Crippen molar-refractivity contribution in [3.63, 3.8) is 0 Å². The van der Waals surface area contributed by atoms with Crippen LogP contribution in [0.3, 0.4) is 0 Å².